The van der Waals surface area contributed by atoms with Crippen LogP contribution < -0.4 is 0 Å². The zero-order valence-electron chi connectivity index (χ0n) is 6.32. The number of rotatable bonds is 1. The molecular weight excluding hydrogens is 285 g/mol. The van der Waals surface area contributed by atoms with Crippen LogP contribution in [0, 0.1) is 3.90 Å². The number of aromatic nitrogens is 1. The van der Waals surface area contributed by atoms with Gasteiger partial charge in [0.1, 0.15) is 5.52 Å². The maximum atomic E-state index is 10.7. The monoisotopic (exact) mass is 289 g/mol. The summed E-state index contributed by atoms with van der Waals surface area (Å²) in [6, 6.07) is 4.83. The number of hydrogen-bond donors (Lipinski definition) is 1. The van der Waals surface area contributed by atoms with E-state index in [1.807, 2.05) is 22.6 Å². The standard InChI is InChI=1S/C8H4INO3/c9-8-10-6-4(7(11)12)2-1-3-5(6)13-8/h1-3H,(H,11,12). The van der Waals surface area contributed by atoms with E-state index in [4.69, 9.17) is 9.52 Å². The zero-order valence-corrected chi connectivity index (χ0v) is 8.48. The smallest absolute Gasteiger partial charge is 0.338 e. The molecule has 1 heterocycles. The van der Waals surface area contributed by atoms with Crippen molar-refractivity contribution in [2.75, 3.05) is 0 Å². The largest absolute Gasteiger partial charge is 0.478 e. The Hall–Kier alpha value is -1.11. The Labute approximate surface area is 86.7 Å². The van der Waals surface area contributed by atoms with Crippen LogP contribution in [0.25, 0.3) is 11.1 Å². The lowest BCUT2D eigenvalue weighted by molar-refractivity contribution is 0.0699. The number of benzene rings is 1. The van der Waals surface area contributed by atoms with Crippen molar-refractivity contribution in [2.24, 2.45) is 0 Å². The third kappa shape index (κ3) is 1.39. The highest BCUT2D eigenvalue weighted by Crippen LogP contribution is 2.20. The summed E-state index contributed by atoms with van der Waals surface area (Å²) < 4.78 is 5.62. The van der Waals surface area contributed by atoms with E-state index in [2.05, 4.69) is 4.98 Å². The molecule has 0 radical (unpaired) electrons. The fraction of sp³-hybridized carbons (Fsp3) is 0. The number of carboxylic acid groups (broad SMARTS) is 1. The predicted molar refractivity (Wildman–Crippen MR) is 53.7 cm³/mol. The fourth-order valence-corrected chi connectivity index (χ4v) is 1.57. The van der Waals surface area contributed by atoms with Gasteiger partial charge in [0, 0.05) is 22.6 Å². The number of nitrogens with zero attached hydrogens (tertiary/aromatic N) is 1. The molecule has 0 atom stereocenters. The van der Waals surface area contributed by atoms with Crippen LogP contribution in [0.4, 0.5) is 0 Å². The third-order valence-electron chi connectivity index (χ3n) is 1.62. The molecular formula is C8H4INO3. The minimum Gasteiger partial charge on any atom is -0.478 e. The maximum Gasteiger partial charge on any atom is 0.338 e. The van der Waals surface area contributed by atoms with Crippen LogP contribution in [-0.4, -0.2) is 16.1 Å². The molecule has 0 amide bonds. The van der Waals surface area contributed by atoms with Gasteiger partial charge in [0.25, 0.3) is 3.90 Å². The molecule has 0 aliphatic heterocycles. The molecule has 1 aromatic carbocycles. The number of carbonyl (C=O) groups is 1. The number of oxazole rings is 1. The van der Waals surface area contributed by atoms with Crippen molar-refractivity contribution in [3.63, 3.8) is 0 Å². The van der Waals surface area contributed by atoms with E-state index < -0.39 is 5.97 Å². The van der Waals surface area contributed by atoms with Crippen LogP contribution >= 0.6 is 22.6 Å². The van der Waals surface area contributed by atoms with Gasteiger partial charge in [-0.1, -0.05) is 6.07 Å². The molecule has 0 fully saturated rings. The number of halogens is 1. The van der Waals surface area contributed by atoms with Crippen LogP contribution in [0.2, 0.25) is 0 Å². The van der Waals surface area contributed by atoms with Gasteiger partial charge in [0.15, 0.2) is 5.58 Å². The Morgan fingerprint density at radius 3 is 3.00 bits per heavy atom. The molecule has 1 aromatic heterocycles. The number of hydrogen-bond acceptors (Lipinski definition) is 3. The Balaban J connectivity index is 2.82. The highest BCUT2D eigenvalue weighted by atomic mass is 127. The van der Waals surface area contributed by atoms with E-state index in [1.165, 1.54) is 6.07 Å². The van der Waals surface area contributed by atoms with Gasteiger partial charge in [0.05, 0.1) is 5.56 Å². The van der Waals surface area contributed by atoms with Gasteiger partial charge in [-0.05, 0) is 12.1 Å². The highest BCUT2D eigenvalue weighted by Gasteiger charge is 2.12. The Morgan fingerprint density at radius 1 is 1.54 bits per heavy atom. The second kappa shape index (κ2) is 2.99. The lowest BCUT2D eigenvalue weighted by atomic mass is 10.2. The summed E-state index contributed by atoms with van der Waals surface area (Å²) in [5, 5.41) is 8.81. The average Bonchev–Trinajstić information content (AvgIpc) is 2.43. The van der Waals surface area contributed by atoms with Crippen molar-refractivity contribution in [1.29, 1.82) is 0 Å². The summed E-state index contributed by atoms with van der Waals surface area (Å²) in [4.78, 5) is 14.7. The van der Waals surface area contributed by atoms with Crippen molar-refractivity contribution in [2.45, 2.75) is 0 Å². The number of para-hydroxylation sites is 1. The molecule has 66 valence electrons. The molecule has 4 nitrogen and oxygen atoms in total. The third-order valence-corrected chi connectivity index (χ3v) is 2.08. The minimum absolute atomic E-state index is 0.171. The summed E-state index contributed by atoms with van der Waals surface area (Å²) in [6.07, 6.45) is 0. The van der Waals surface area contributed by atoms with Crippen LogP contribution in [0.3, 0.4) is 0 Å². The minimum atomic E-state index is -0.990. The maximum absolute atomic E-state index is 10.7. The number of aromatic carboxylic acids is 1. The van der Waals surface area contributed by atoms with Gasteiger partial charge in [0.2, 0.25) is 0 Å². The first-order valence-corrected chi connectivity index (χ1v) is 4.54. The quantitative estimate of drug-likeness (QED) is 0.817. The summed E-state index contributed by atoms with van der Waals surface area (Å²) >= 11 is 1.90. The second-order valence-corrected chi connectivity index (χ2v) is 3.35. The van der Waals surface area contributed by atoms with Crippen LogP contribution in [0.5, 0.6) is 0 Å². The molecule has 2 rings (SSSR count). The first-order chi connectivity index (χ1) is 6.18. The van der Waals surface area contributed by atoms with Gasteiger partial charge in [-0.2, -0.15) is 0 Å². The van der Waals surface area contributed by atoms with Gasteiger partial charge in [-0.15, -0.1) is 0 Å². The van der Waals surface area contributed by atoms with Crippen molar-refractivity contribution < 1.29 is 14.3 Å². The SMILES string of the molecule is O=C(O)c1cccc2oc(I)nc12. The molecule has 0 saturated carbocycles. The molecule has 0 aliphatic carbocycles. The van der Waals surface area contributed by atoms with Crippen molar-refractivity contribution in [3.05, 3.63) is 27.7 Å². The van der Waals surface area contributed by atoms with Crippen LogP contribution in [-0.2, 0) is 0 Å². The van der Waals surface area contributed by atoms with E-state index in [0.717, 1.165) is 0 Å². The molecule has 2 aromatic rings. The zero-order chi connectivity index (χ0) is 9.42. The first kappa shape index (κ1) is 8.49. The summed E-state index contributed by atoms with van der Waals surface area (Å²) in [6.45, 7) is 0. The van der Waals surface area contributed by atoms with E-state index in [-0.39, 0.29) is 5.56 Å². The van der Waals surface area contributed by atoms with Crippen molar-refractivity contribution in [1.82, 2.24) is 4.98 Å². The lowest BCUT2D eigenvalue weighted by Crippen LogP contribution is -1.96. The lowest BCUT2D eigenvalue weighted by Gasteiger charge is -1.92. The molecule has 0 spiro atoms. The number of fused-ring (bicyclic) bond motifs is 1. The molecule has 1 N–H and O–H groups in total. The van der Waals surface area contributed by atoms with E-state index >= 15 is 0 Å². The van der Waals surface area contributed by atoms with E-state index in [1.54, 1.807) is 12.1 Å². The van der Waals surface area contributed by atoms with Crippen molar-refractivity contribution >= 4 is 39.7 Å². The normalized spacial score (nSPS) is 10.5. The molecule has 0 saturated heterocycles. The molecule has 5 heteroatoms. The van der Waals surface area contributed by atoms with Crippen molar-refractivity contribution in [3.8, 4) is 0 Å². The highest BCUT2D eigenvalue weighted by molar-refractivity contribution is 14.1. The topological polar surface area (TPSA) is 63.3 Å². The summed E-state index contributed by atoms with van der Waals surface area (Å²) in [5.74, 6) is -0.990. The molecule has 13 heavy (non-hydrogen) atoms. The Bertz CT molecular complexity index is 477. The summed E-state index contributed by atoms with van der Waals surface area (Å²) in [5.41, 5.74) is 1.08. The van der Waals surface area contributed by atoms with E-state index in [0.29, 0.717) is 15.0 Å². The summed E-state index contributed by atoms with van der Waals surface area (Å²) in [7, 11) is 0. The molecule has 0 bridgehead atoms. The molecule has 0 aliphatic rings. The fourth-order valence-electron chi connectivity index (χ4n) is 1.09. The predicted octanol–water partition coefficient (Wildman–Crippen LogP) is 2.13. The second-order valence-electron chi connectivity index (χ2n) is 2.42. The molecule has 0 unspecified atom stereocenters. The van der Waals surface area contributed by atoms with Gasteiger partial charge in [-0.25, -0.2) is 9.78 Å². The van der Waals surface area contributed by atoms with Gasteiger partial charge in [-0.3, -0.25) is 0 Å². The Kier molecular flexibility index (Phi) is 1.95. The van der Waals surface area contributed by atoms with Gasteiger partial charge < -0.3 is 9.52 Å². The van der Waals surface area contributed by atoms with Gasteiger partial charge >= 0.3 is 5.97 Å². The first-order valence-electron chi connectivity index (χ1n) is 3.47. The van der Waals surface area contributed by atoms with E-state index in [9.17, 15) is 4.79 Å². The average molecular weight is 289 g/mol. The number of carboxylic acids is 1. The van der Waals surface area contributed by atoms with Crippen LogP contribution in [0.1, 0.15) is 10.4 Å². The Morgan fingerprint density at radius 2 is 2.31 bits per heavy atom. The van der Waals surface area contributed by atoms with Crippen LogP contribution in [0.15, 0.2) is 22.6 Å².